The number of thioether (sulfide) groups is 1. The van der Waals surface area contributed by atoms with Crippen LogP contribution in [0, 0.1) is 0 Å². The molecule has 2 atom stereocenters. The van der Waals surface area contributed by atoms with Gasteiger partial charge in [0.2, 0.25) is 5.88 Å². The summed E-state index contributed by atoms with van der Waals surface area (Å²) < 4.78 is 42.7. The molecule has 0 bridgehead atoms. The fraction of sp³-hybridized carbons (Fsp3) is 0.625. The van der Waals surface area contributed by atoms with Crippen molar-refractivity contribution in [3.8, 4) is 5.88 Å². The third-order valence-electron chi connectivity index (χ3n) is 3.99. The fourth-order valence-corrected chi connectivity index (χ4v) is 3.43. The zero-order chi connectivity index (χ0) is 18.3. The molecule has 0 radical (unpaired) electrons. The summed E-state index contributed by atoms with van der Waals surface area (Å²) in [7, 11) is 1.70. The Morgan fingerprint density at radius 1 is 1.38 bits per heavy atom. The van der Waals surface area contributed by atoms with Crippen LogP contribution in [0.3, 0.4) is 0 Å². The number of ether oxygens (including phenoxy) is 1. The molecule has 0 aromatic carbocycles. The van der Waals surface area contributed by atoms with Gasteiger partial charge in [-0.05, 0) is 31.6 Å². The van der Waals surface area contributed by atoms with Crippen molar-refractivity contribution in [2.24, 2.45) is 4.99 Å². The van der Waals surface area contributed by atoms with Gasteiger partial charge in [-0.1, -0.05) is 0 Å². The van der Waals surface area contributed by atoms with Crippen molar-refractivity contribution in [2.45, 2.75) is 36.7 Å². The lowest BCUT2D eigenvalue weighted by Gasteiger charge is -2.17. The van der Waals surface area contributed by atoms with E-state index in [1.807, 2.05) is 11.8 Å². The van der Waals surface area contributed by atoms with Crippen LogP contribution in [-0.2, 0) is 6.18 Å². The van der Waals surface area contributed by atoms with Crippen molar-refractivity contribution in [2.75, 3.05) is 26.5 Å². The summed E-state index contributed by atoms with van der Waals surface area (Å²) in [5.41, 5.74) is -0.789. The van der Waals surface area contributed by atoms with Crippen LogP contribution in [0.15, 0.2) is 23.3 Å². The number of alkyl halides is 3. The van der Waals surface area contributed by atoms with Crippen molar-refractivity contribution in [1.82, 2.24) is 15.6 Å². The molecule has 2 N–H and O–H groups in total. The average Bonchev–Trinajstić information content (AvgIpc) is 3.05. The zero-order valence-electron chi connectivity index (χ0n) is 14.7. The van der Waals surface area contributed by atoms with E-state index < -0.39 is 11.7 Å². The van der Waals surface area contributed by atoms with Crippen molar-refractivity contribution in [1.29, 1.82) is 0 Å². The van der Waals surface area contributed by atoms with Gasteiger partial charge in [0.25, 0.3) is 0 Å². The van der Waals surface area contributed by atoms with Crippen LogP contribution in [0.5, 0.6) is 5.88 Å². The number of pyridine rings is 1. The first-order valence-electron chi connectivity index (χ1n) is 8.08. The number of rotatable bonds is 6. The van der Waals surface area contributed by atoms with Crippen molar-refractivity contribution in [3.63, 3.8) is 0 Å². The maximum Gasteiger partial charge on any atom is 0.417 e. The van der Waals surface area contributed by atoms with Crippen LogP contribution in [0.25, 0.3) is 0 Å². The van der Waals surface area contributed by atoms with Crippen LogP contribution in [-0.4, -0.2) is 48.7 Å². The minimum Gasteiger partial charge on any atom is -0.476 e. The first-order valence-corrected chi connectivity index (χ1v) is 9.37. The van der Waals surface area contributed by atoms with E-state index in [1.165, 1.54) is 12.5 Å². The van der Waals surface area contributed by atoms with E-state index in [2.05, 4.69) is 26.9 Å². The second-order valence-electron chi connectivity index (χ2n) is 5.74. The molecule has 26 heavy (non-hydrogen) atoms. The second-order valence-corrected chi connectivity index (χ2v) is 6.88. The summed E-state index contributed by atoms with van der Waals surface area (Å²) in [4.78, 5) is 7.84. The van der Waals surface area contributed by atoms with Gasteiger partial charge < -0.3 is 15.4 Å². The SMILES string of the molecule is CN=C(NCCOc1ccc(C(F)(F)F)cn1)NC1CCC(SC)C1.I. The number of hydrogen-bond acceptors (Lipinski definition) is 4. The van der Waals surface area contributed by atoms with Gasteiger partial charge >= 0.3 is 6.18 Å². The molecule has 1 aliphatic rings. The van der Waals surface area contributed by atoms with E-state index in [9.17, 15) is 13.2 Å². The van der Waals surface area contributed by atoms with Gasteiger partial charge in [0, 0.05) is 30.6 Å². The van der Waals surface area contributed by atoms with Gasteiger partial charge in [0.1, 0.15) is 6.61 Å². The van der Waals surface area contributed by atoms with Gasteiger partial charge in [-0.25, -0.2) is 4.98 Å². The fourth-order valence-electron chi connectivity index (χ4n) is 2.63. The van der Waals surface area contributed by atoms with Gasteiger partial charge in [-0.15, -0.1) is 24.0 Å². The molecule has 0 amide bonds. The number of halogens is 4. The highest BCUT2D eigenvalue weighted by Gasteiger charge is 2.30. The molecule has 5 nitrogen and oxygen atoms in total. The molecule has 148 valence electrons. The number of nitrogens with zero attached hydrogens (tertiary/aromatic N) is 2. The Bertz CT molecular complexity index is 572. The van der Waals surface area contributed by atoms with Crippen LogP contribution in [0.2, 0.25) is 0 Å². The Morgan fingerprint density at radius 2 is 2.15 bits per heavy atom. The van der Waals surface area contributed by atoms with Crippen LogP contribution in [0.1, 0.15) is 24.8 Å². The lowest BCUT2D eigenvalue weighted by molar-refractivity contribution is -0.137. The molecule has 1 aromatic heterocycles. The Labute approximate surface area is 173 Å². The molecule has 1 fully saturated rings. The molecule has 0 spiro atoms. The van der Waals surface area contributed by atoms with Crippen molar-refractivity contribution in [3.05, 3.63) is 23.9 Å². The minimum atomic E-state index is -4.39. The highest BCUT2D eigenvalue weighted by atomic mass is 127. The van der Waals surface area contributed by atoms with Crippen molar-refractivity contribution < 1.29 is 17.9 Å². The Hall–Kier alpha value is -0.910. The molecular formula is C16H24F3IN4OS. The highest BCUT2D eigenvalue weighted by molar-refractivity contribution is 14.0. The summed E-state index contributed by atoms with van der Waals surface area (Å²) in [6, 6.07) is 2.59. The number of aliphatic imine (C=N–C) groups is 1. The van der Waals surface area contributed by atoms with E-state index >= 15 is 0 Å². The zero-order valence-corrected chi connectivity index (χ0v) is 17.8. The third kappa shape index (κ3) is 7.37. The molecule has 1 saturated carbocycles. The van der Waals surface area contributed by atoms with Crippen LogP contribution < -0.4 is 15.4 Å². The maximum absolute atomic E-state index is 12.5. The van der Waals surface area contributed by atoms with Crippen molar-refractivity contribution >= 4 is 41.7 Å². The largest absolute Gasteiger partial charge is 0.476 e. The van der Waals surface area contributed by atoms with Gasteiger partial charge in [-0.2, -0.15) is 24.9 Å². The lowest BCUT2D eigenvalue weighted by atomic mass is 10.2. The number of guanidine groups is 1. The van der Waals surface area contributed by atoms with Crippen LogP contribution >= 0.6 is 35.7 Å². The molecule has 2 rings (SSSR count). The summed E-state index contributed by atoms with van der Waals surface area (Å²) in [6.45, 7) is 0.748. The monoisotopic (exact) mass is 504 g/mol. The normalized spacial score (nSPS) is 20.4. The van der Waals surface area contributed by atoms with E-state index in [-0.39, 0.29) is 36.5 Å². The summed E-state index contributed by atoms with van der Waals surface area (Å²) in [6.07, 6.45) is 1.96. The Balaban J connectivity index is 0.00000338. The highest BCUT2D eigenvalue weighted by Crippen LogP contribution is 2.29. The average molecular weight is 504 g/mol. The first kappa shape index (κ1) is 23.1. The van der Waals surface area contributed by atoms with Crippen LogP contribution in [0.4, 0.5) is 13.2 Å². The molecule has 1 aromatic rings. The summed E-state index contributed by atoms with van der Waals surface area (Å²) in [5.74, 6) is 0.868. The standard InChI is InChI=1S/C16H23F3N4OS.HI/c1-20-15(23-12-4-5-13(9-12)25-2)21-7-8-24-14-6-3-11(10-22-14)16(17,18)19;/h3,6,10,12-13H,4-5,7-9H2,1-2H3,(H2,20,21,23);1H. The molecule has 0 saturated heterocycles. The molecule has 2 unspecified atom stereocenters. The Kier molecular flexibility index (Phi) is 9.83. The maximum atomic E-state index is 12.5. The van der Waals surface area contributed by atoms with E-state index in [0.29, 0.717) is 23.8 Å². The second kappa shape index (κ2) is 11.1. The predicted octanol–water partition coefficient (Wildman–Crippen LogP) is 3.55. The quantitative estimate of drug-likeness (QED) is 0.269. The molecule has 0 aliphatic heterocycles. The molecule has 1 aliphatic carbocycles. The molecule has 1 heterocycles. The first-order chi connectivity index (χ1) is 11.9. The Morgan fingerprint density at radius 3 is 2.69 bits per heavy atom. The lowest BCUT2D eigenvalue weighted by Crippen LogP contribution is -2.43. The third-order valence-corrected chi connectivity index (χ3v) is 5.09. The minimum absolute atomic E-state index is 0. The van der Waals surface area contributed by atoms with E-state index in [0.717, 1.165) is 25.1 Å². The summed E-state index contributed by atoms with van der Waals surface area (Å²) >= 11 is 1.89. The number of aromatic nitrogens is 1. The smallest absolute Gasteiger partial charge is 0.417 e. The topological polar surface area (TPSA) is 58.5 Å². The molecular weight excluding hydrogens is 480 g/mol. The predicted molar refractivity (Wildman–Crippen MR) is 110 cm³/mol. The number of hydrogen-bond donors (Lipinski definition) is 2. The number of nitrogens with one attached hydrogen (secondary N) is 2. The van der Waals surface area contributed by atoms with Gasteiger partial charge in [0.05, 0.1) is 12.1 Å². The van der Waals surface area contributed by atoms with Gasteiger partial charge in [-0.3, -0.25) is 4.99 Å². The van der Waals surface area contributed by atoms with Gasteiger partial charge in [0.15, 0.2) is 5.96 Å². The molecule has 10 heteroatoms. The van der Waals surface area contributed by atoms with E-state index in [4.69, 9.17) is 4.74 Å². The van der Waals surface area contributed by atoms with E-state index in [1.54, 1.807) is 7.05 Å². The summed E-state index contributed by atoms with van der Waals surface area (Å²) in [5, 5.41) is 7.22.